The van der Waals surface area contributed by atoms with Gasteiger partial charge in [-0.2, -0.15) is 0 Å². The summed E-state index contributed by atoms with van der Waals surface area (Å²) in [5, 5.41) is 14.1. The molecule has 0 spiro atoms. The molecule has 1 aromatic rings. The molecular formula is C14H19N3O4. The number of nitrogens with zero attached hydrogens (tertiary/aromatic N) is 2. The predicted molar refractivity (Wildman–Crippen MR) is 77.0 cm³/mol. The molecule has 21 heavy (non-hydrogen) atoms. The smallest absolute Gasteiger partial charge is 0.273 e. The Balaban J connectivity index is 1.95. The molecule has 1 aliphatic heterocycles. The van der Waals surface area contributed by atoms with E-state index in [0.29, 0.717) is 25.3 Å². The van der Waals surface area contributed by atoms with Gasteiger partial charge in [0.15, 0.2) is 0 Å². The molecule has 1 amide bonds. The van der Waals surface area contributed by atoms with Gasteiger partial charge in [-0.1, -0.05) is 18.2 Å². The van der Waals surface area contributed by atoms with Gasteiger partial charge in [-0.15, -0.1) is 0 Å². The maximum absolute atomic E-state index is 12.2. The molecule has 0 saturated carbocycles. The lowest BCUT2D eigenvalue weighted by Crippen LogP contribution is -2.46. The van der Waals surface area contributed by atoms with E-state index < -0.39 is 4.92 Å². The zero-order valence-corrected chi connectivity index (χ0v) is 11.9. The Morgan fingerprint density at radius 2 is 2.29 bits per heavy atom. The standard InChI is InChI=1S/C14H19N3O4/c1-16(10-12-9-15-6-7-21-12)14(18)8-11-4-2-3-5-13(11)17(19)20/h2-5,12,15H,6-10H2,1H3. The maximum Gasteiger partial charge on any atom is 0.273 e. The molecule has 1 aromatic carbocycles. The summed E-state index contributed by atoms with van der Waals surface area (Å²) in [6.45, 7) is 2.65. The van der Waals surface area contributed by atoms with Crippen LogP contribution in [0.15, 0.2) is 24.3 Å². The third kappa shape index (κ3) is 4.24. The highest BCUT2D eigenvalue weighted by molar-refractivity contribution is 5.79. The predicted octanol–water partition coefficient (Wildman–Crippen LogP) is 0.584. The normalized spacial score (nSPS) is 18.2. The van der Waals surface area contributed by atoms with E-state index >= 15 is 0 Å². The molecule has 0 aliphatic carbocycles. The van der Waals surface area contributed by atoms with Gasteiger partial charge >= 0.3 is 0 Å². The summed E-state index contributed by atoms with van der Waals surface area (Å²) in [4.78, 5) is 24.2. The largest absolute Gasteiger partial charge is 0.374 e. The molecule has 114 valence electrons. The van der Waals surface area contributed by atoms with Crippen molar-refractivity contribution >= 4 is 11.6 Å². The van der Waals surface area contributed by atoms with Crippen molar-refractivity contribution in [3.8, 4) is 0 Å². The van der Waals surface area contributed by atoms with Gasteiger partial charge < -0.3 is 15.0 Å². The summed E-state index contributed by atoms with van der Waals surface area (Å²) in [5.41, 5.74) is 0.414. The van der Waals surface area contributed by atoms with Crippen LogP contribution < -0.4 is 5.32 Å². The summed E-state index contributed by atoms with van der Waals surface area (Å²) >= 11 is 0. The van der Waals surface area contributed by atoms with Gasteiger partial charge in [0.2, 0.25) is 5.91 Å². The first kappa shape index (κ1) is 15.4. The van der Waals surface area contributed by atoms with Crippen molar-refractivity contribution in [3.05, 3.63) is 39.9 Å². The first-order chi connectivity index (χ1) is 10.1. The molecule has 7 nitrogen and oxygen atoms in total. The van der Waals surface area contributed by atoms with Crippen LogP contribution >= 0.6 is 0 Å². The first-order valence-electron chi connectivity index (χ1n) is 6.86. The van der Waals surface area contributed by atoms with Gasteiger partial charge in [0.1, 0.15) is 0 Å². The minimum atomic E-state index is -0.462. The zero-order valence-electron chi connectivity index (χ0n) is 11.9. The molecule has 1 atom stereocenters. The number of benzene rings is 1. The molecule has 0 bridgehead atoms. The Labute approximate surface area is 123 Å². The minimum Gasteiger partial charge on any atom is -0.374 e. The average Bonchev–Trinajstić information content (AvgIpc) is 2.48. The quantitative estimate of drug-likeness (QED) is 0.634. The van der Waals surface area contributed by atoms with Crippen LogP contribution in [0.1, 0.15) is 5.56 Å². The molecule has 7 heteroatoms. The Hall–Kier alpha value is -1.99. The van der Waals surface area contributed by atoms with Crippen molar-refractivity contribution in [1.29, 1.82) is 0 Å². The van der Waals surface area contributed by atoms with Crippen molar-refractivity contribution in [3.63, 3.8) is 0 Å². The summed E-state index contributed by atoms with van der Waals surface area (Å²) < 4.78 is 5.55. The lowest BCUT2D eigenvalue weighted by atomic mass is 10.1. The van der Waals surface area contributed by atoms with Crippen LogP contribution in [-0.2, 0) is 16.0 Å². The second kappa shape index (κ2) is 7.14. The van der Waals surface area contributed by atoms with Crippen LogP contribution in [0.3, 0.4) is 0 Å². The van der Waals surface area contributed by atoms with Gasteiger partial charge in [0, 0.05) is 38.3 Å². The van der Waals surface area contributed by atoms with Crippen LogP contribution in [-0.4, -0.2) is 55.1 Å². The molecule has 1 N–H and O–H groups in total. The summed E-state index contributed by atoms with van der Waals surface area (Å²) in [6.07, 6.45) is -0.00758. The van der Waals surface area contributed by atoms with Gasteiger partial charge in [-0.3, -0.25) is 14.9 Å². The maximum atomic E-state index is 12.2. The molecule has 1 saturated heterocycles. The number of para-hydroxylation sites is 1. The Kier molecular flexibility index (Phi) is 5.24. The van der Waals surface area contributed by atoms with Gasteiger partial charge in [0.05, 0.1) is 24.1 Å². The van der Waals surface area contributed by atoms with Crippen LogP contribution in [0.5, 0.6) is 0 Å². The van der Waals surface area contributed by atoms with Crippen LogP contribution in [0.4, 0.5) is 5.69 Å². The number of nitrogens with one attached hydrogen (secondary N) is 1. The van der Waals surface area contributed by atoms with Crippen LogP contribution in [0.2, 0.25) is 0 Å². The molecule has 1 fully saturated rings. The van der Waals surface area contributed by atoms with E-state index in [1.165, 1.54) is 6.07 Å². The number of amides is 1. The minimum absolute atomic E-state index is 0.0187. The molecule has 1 aliphatic rings. The van der Waals surface area contributed by atoms with Crippen molar-refractivity contribution in [2.45, 2.75) is 12.5 Å². The van der Waals surface area contributed by atoms with E-state index in [-0.39, 0.29) is 24.1 Å². The van der Waals surface area contributed by atoms with Gasteiger partial charge in [-0.25, -0.2) is 0 Å². The summed E-state index contributed by atoms with van der Waals surface area (Å²) in [6, 6.07) is 6.32. The Morgan fingerprint density at radius 3 is 2.95 bits per heavy atom. The number of hydrogen-bond donors (Lipinski definition) is 1. The van der Waals surface area contributed by atoms with E-state index in [2.05, 4.69) is 5.32 Å². The number of likely N-dealkylation sites (N-methyl/N-ethyl adjacent to an activating group) is 1. The number of ether oxygens (including phenoxy) is 1. The number of carbonyl (C=O) groups excluding carboxylic acids is 1. The van der Waals surface area contributed by atoms with Crippen LogP contribution in [0.25, 0.3) is 0 Å². The highest BCUT2D eigenvalue weighted by atomic mass is 16.6. The second-order valence-electron chi connectivity index (χ2n) is 5.03. The molecule has 1 heterocycles. The summed E-state index contributed by atoms with van der Waals surface area (Å²) in [7, 11) is 1.69. The Morgan fingerprint density at radius 1 is 1.52 bits per heavy atom. The topological polar surface area (TPSA) is 84.7 Å². The number of morpholine rings is 1. The number of hydrogen-bond acceptors (Lipinski definition) is 5. The van der Waals surface area contributed by atoms with E-state index in [1.54, 1.807) is 30.1 Å². The fraction of sp³-hybridized carbons (Fsp3) is 0.500. The molecular weight excluding hydrogens is 274 g/mol. The van der Waals surface area contributed by atoms with Crippen molar-refractivity contribution < 1.29 is 14.5 Å². The third-order valence-electron chi connectivity index (χ3n) is 3.44. The third-order valence-corrected chi connectivity index (χ3v) is 3.44. The van der Waals surface area contributed by atoms with Crippen molar-refractivity contribution in [2.24, 2.45) is 0 Å². The number of carbonyl (C=O) groups is 1. The molecule has 1 unspecified atom stereocenters. The fourth-order valence-corrected chi connectivity index (χ4v) is 2.28. The first-order valence-corrected chi connectivity index (χ1v) is 6.86. The van der Waals surface area contributed by atoms with Gasteiger partial charge in [-0.05, 0) is 0 Å². The molecule has 2 rings (SSSR count). The molecule has 0 radical (unpaired) electrons. The second-order valence-corrected chi connectivity index (χ2v) is 5.03. The zero-order chi connectivity index (χ0) is 15.2. The van der Waals surface area contributed by atoms with E-state index in [0.717, 1.165) is 6.54 Å². The summed E-state index contributed by atoms with van der Waals surface area (Å²) in [5.74, 6) is -0.154. The van der Waals surface area contributed by atoms with E-state index in [4.69, 9.17) is 4.74 Å². The van der Waals surface area contributed by atoms with E-state index in [1.807, 2.05) is 0 Å². The Bertz CT molecular complexity index is 515. The van der Waals surface area contributed by atoms with Crippen molar-refractivity contribution in [1.82, 2.24) is 10.2 Å². The van der Waals surface area contributed by atoms with E-state index in [9.17, 15) is 14.9 Å². The number of nitro groups is 1. The SMILES string of the molecule is CN(CC1CNCCO1)C(=O)Cc1ccccc1[N+](=O)[O-]. The lowest BCUT2D eigenvalue weighted by Gasteiger charge is -2.28. The highest BCUT2D eigenvalue weighted by Gasteiger charge is 2.21. The lowest BCUT2D eigenvalue weighted by molar-refractivity contribution is -0.385. The van der Waals surface area contributed by atoms with Gasteiger partial charge in [0.25, 0.3) is 5.69 Å². The number of nitro benzene ring substituents is 1. The number of rotatable bonds is 5. The van der Waals surface area contributed by atoms with Crippen LogP contribution in [0, 0.1) is 10.1 Å². The highest BCUT2D eigenvalue weighted by Crippen LogP contribution is 2.18. The molecule has 0 aromatic heterocycles. The average molecular weight is 293 g/mol. The van der Waals surface area contributed by atoms with Crippen molar-refractivity contribution in [2.75, 3.05) is 33.3 Å². The monoisotopic (exact) mass is 293 g/mol. The fourth-order valence-electron chi connectivity index (χ4n) is 2.28.